The van der Waals surface area contributed by atoms with E-state index in [1.54, 1.807) is 18.2 Å². The van der Waals surface area contributed by atoms with E-state index in [1.807, 2.05) is 0 Å². The molecule has 0 fully saturated rings. The summed E-state index contributed by atoms with van der Waals surface area (Å²) in [6.07, 6.45) is 4.32. The number of rotatable bonds is 9. The minimum atomic E-state index is -0.413. The first-order chi connectivity index (χ1) is 18.8. The summed E-state index contributed by atoms with van der Waals surface area (Å²) in [4.78, 5) is 44.9. The minimum absolute atomic E-state index is 0.0240. The number of amides is 3. The molecule has 3 aromatic heterocycles. The van der Waals surface area contributed by atoms with Crippen LogP contribution in [0.2, 0.25) is 0 Å². The molecule has 12 N–H and O–H groups in total. The molecule has 15 heteroatoms. The molecule has 0 aliphatic heterocycles. The highest BCUT2D eigenvalue weighted by Crippen LogP contribution is 2.13. The van der Waals surface area contributed by atoms with Crippen molar-refractivity contribution in [1.29, 1.82) is 0 Å². The number of nitrogens with two attached hydrogens (primary N) is 3. The molecule has 0 aliphatic carbocycles. The number of nitrogens with one attached hydrogen (secondary N) is 3. The van der Waals surface area contributed by atoms with Gasteiger partial charge in [-0.2, -0.15) is 0 Å². The van der Waals surface area contributed by atoms with E-state index in [0.29, 0.717) is 39.3 Å². The molecule has 3 heterocycles. The molecule has 3 rings (SSSR count). The number of carbonyl (C=O) groups is 3. The van der Waals surface area contributed by atoms with Gasteiger partial charge in [-0.3, -0.25) is 14.4 Å². The topological polar surface area (TPSA) is 265 Å². The van der Waals surface area contributed by atoms with Gasteiger partial charge >= 0.3 is 0 Å². The van der Waals surface area contributed by atoms with Gasteiger partial charge in [-0.25, -0.2) is 15.0 Å². The zero-order valence-corrected chi connectivity index (χ0v) is 21.1. The van der Waals surface area contributed by atoms with E-state index >= 15 is 0 Å². The lowest BCUT2D eigenvalue weighted by Crippen LogP contribution is -2.29. The maximum atomic E-state index is 11.2. The van der Waals surface area contributed by atoms with Crippen LogP contribution in [0.5, 0.6) is 17.2 Å². The molecular weight excluding hydrogens is 510 g/mol. The lowest BCUT2D eigenvalue weighted by Gasteiger charge is -2.03. The van der Waals surface area contributed by atoms with Crippen LogP contribution in [0.3, 0.4) is 0 Å². The van der Waals surface area contributed by atoms with E-state index in [2.05, 4.69) is 30.9 Å². The lowest BCUT2D eigenvalue weighted by atomic mass is 10.3. The van der Waals surface area contributed by atoms with Gasteiger partial charge in [-0.1, -0.05) is 0 Å². The molecular formula is C24H33N9O6. The first kappa shape index (κ1) is 32.2. The fraction of sp³-hybridized carbons (Fsp3) is 0.250. The number of hydrogen-bond donors (Lipinski definition) is 9. The molecule has 0 bridgehead atoms. The molecule has 0 saturated carbocycles. The van der Waals surface area contributed by atoms with Gasteiger partial charge < -0.3 is 48.5 Å². The molecule has 0 radical (unpaired) electrons. The maximum Gasteiger partial charge on any atom is 0.273 e. The smallest absolute Gasteiger partial charge is 0.273 e. The van der Waals surface area contributed by atoms with Crippen molar-refractivity contribution in [2.45, 2.75) is 0 Å². The van der Waals surface area contributed by atoms with Crippen LogP contribution in [0.1, 0.15) is 31.5 Å². The third-order valence-corrected chi connectivity index (χ3v) is 4.29. The van der Waals surface area contributed by atoms with Gasteiger partial charge in [-0.15, -0.1) is 0 Å². The average Bonchev–Trinajstić information content (AvgIpc) is 2.94. The molecule has 0 spiro atoms. The molecule has 3 aromatic rings. The predicted molar refractivity (Wildman–Crippen MR) is 142 cm³/mol. The van der Waals surface area contributed by atoms with Crippen LogP contribution >= 0.6 is 0 Å². The quantitative estimate of drug-likeness (QED) is 0.148. The van der Waals surface area contributed by atoms with Gasteiger partial charge in [0.15, 0.2) is 17.1 Å². The Kier molecular flexibility index (Phi) is 15.2. The third kappa shape index (κ3) is 11.8. The van der Waals surface area contributed by atoms with Crippen molar-refractivity contribution in [2.75, 3.05) is 39.3 Å². The molecule has 39 heavy (non-hydrogen) atoms. The lowest BCUT2D eigenvalue weighted by molar-refractivity contribution is 0.0938. The molecule has 0 saturated heterocycles. The van der Waals surface area contributed by atoms with Gasteiger partial charge in [0.1, 0.15) is 17.2 Å². The third-order valence-electron chi connectivity index (χ3n) is 4.29. The maximum absolute atomic E-state index is 11.2. The number of aromatic hydroxyl groups is 3. The summed E-state index contributed by atoms with van der Waals surface area (Å²) in [5, 5.41) is 35.2. The summed E-state index contributed by atoms with van der Waals surface area (Å²) in [5.41, 5.74) is 15.7. The first-order valence-corrected chi connectivity index (χ1v) is 11.6. The number of hydrogen-bond acceptors (Lipinski definition) is 12. The van der Waals surface area contributed by atoms with E-state index in [-0.39, 0.29) is 34.3 Å². The minimum Gasteiger partial charge on any atom is -0.505 e. The Hall–Kier alpha value is -4.86. The van der Waals surface area contributed by atoms with Crippen molar-refractivity contribution in [1.82, 2.24) is 30.9 Å². The Balaban J connectivity index is 0.000000292. The normalized spacial score (nSPS) is 9.62. The molecule has 0 aliphatic rings. The monoisotopic (exact) mass is 543 g/mol. The zero-order chi connectivity index (χ0) is 29.0. The van der Waals surface area contributed by atoms with Crippen molar-refractivity contribution in [2.24, 2.45) is 17.2 Å². The van der Waals surface area contributed by atoms with E-state index in [0.717, 1.165) is 0 Å². The fourth-order valence-electron chi connectivity index (χ4n) is 2.52. The van der Waals surface area contributed by atoms with Crippen LogP contribution in [-0.4, -0.2) is 87.3 Å². The highest BCUT2D eigenvalue weighted by atomic mass is 16.3. The van der Waals surface area contributed by atoms with Crippen molar-refractivity contribution in [3.05, 3.63) is 72.1 Å². The largest absolute Gasteiger partial charge is 0.505 e. The predicted octanol–water partition coefficient (Wildman–Crippen LogP) is -1.57. The van der Waals surface area contributed by atoms with Gasteiger partial charge in [0.05, 0.1) is 0 Å². The Morgan fingerprint density at radius 1 is 0.564 bits per heavy atom. The van der Waals surface area contributed by atoms with Crippen molar-refractivity contribution in [3.63, 3.8) is 0 Å². The molecule has 15 nitrogen and oxygen atoms in total. The summed E-state index contributed by atoms with van der Waals surface area (Å²) in [5.74, 6) is -1.62. The number of carbonyl (C=O) groups excluding carboxylic acids is 3. The number of aromatic nitrogens is 3. The van der Waals surface area contributed by atoms with Gasteiger partial charge in [-0.05, 0) is 36.4 Å². The standard InChI is InChI=1S/3C8H11N3O2/c3*9-3-5-11-8(13)7-6(12)2-1-4-10-7/h3*1-2,4,12H,3,5,9H2,(H,11,13). The SMILES string of the molecule is NCCNC(=O)c1ncccc1O.NCCNC(=O)c1ncccc1O.NCCNC(=O)c1ncccc1O. The molecule has 0 atom stereocenters. The molecule has 3 amide bonds. The van der Waals surface area contributed by atoms with Crippen molar-refractivity contribution in [3.8, 4) is 17.2 Å². The molecule has 0 aromatic carbocycles. The second-order valence-corrected chi connectivity index (χ2v) is 7.25. The second kappa shape index (κ2) is 18.4. The summed E-state index contributed by atoms with van der Waals surface area (Å²) >= 11 is 0. The van der Waals surface area contributed by atoms with Crippen molar-refractivity contribution >= 4 is 17.7 Å². The van der Waals surface area contributed by atoms with Crippen LogP contribution in [0.15, 0.2) is 55.0 Å². The van der Waals surface area contributed by atoms with Crippen molar-refractivity contribution < 1.29 is 29.7 Å². The average molecular weight is 544 g/mol. The summed E-state index contributed by atoms with van der Waals surface area (Å²) in [6, 6.07) is 8.87. The van der Waals surface area contributed by atoms with Crippen LogP contribution in [0.4, 0.5) is 0 Å². The highest BCUT2D eigenvalue weighted by Gasteiger charge is 2.12. The fourth-order valence-corrected chi connectivity index (χ4v) is 2.52. The van der Waals surface area contributed by atoms with E-state index < -0.39 is 17.7 Å². The van der Waals surface area contributed by atoms with E-state index in [9.17, 15) is 29.7 Å². The second-order valence-electron chi connectivity index (χ2n) is 7.25. The van der Waals surface area contributed by atoms with Gasteiger partial charge in [0.2, 0.25) is 0 Å². The van der Waals surface area contributed by atoms with E-state index in [1.165, 1.54) is 36.8 Å². The summed E-state index contributed by atoms with van der Waals surface area (Å²) in [7, 11) is 0. The number of nitrogens with zero attached hydrogens (tertiary/aromatic N) is 3. The Bertz CT molecular complexity index is 1050. The van der Waals surface area contributed by atoms with Crippen LogP contribution in [0.25, 0.3) is 0 Å². The summed E-state index contributed by atoms with van der Waals surface area (Å²) < 4.78 is 0. The number of pyridine rings is 3. The van der Waals surface area contributed by atoms with Crippen LogP contribution in [0, 0.1) is 0 Å². The zero-order valence-electron chi connectivity index (χ0n) is 21.1. The Labute approximate surface area is 224 Å². The van der Waals surface area contributed by atoms with Gasteiger partial charge in [0, 0.05) is 57.9 Å². The Morgan fingerprint density at radius 3 is 1.03 bits per heavy atom. The Morgan fingerprint density at radius 2 is 0.821 bits per heavy atom. The van der Waals surface area contributed by atoms with Crippen LogP contribution < -0.4 is 33.2 Å². The van der Waals surface area contributed by atoms with E-state index in [4.69, 9.17) is 17.2 Å². The molecule has 210 valence electrons. The van der Waals surface area contributed by atoms with Gasteiger partial charge in [0.25, 0.3) is 17.7 Å². The summed E-state index contributed by atoms with van der Waals surface area (Å²) in [6.45, 7) is 2.19. The van der Waals surface area contributed by atoms with Crippen LogP contribution in [-0.2, 0) is 0 Å². The first-order valence-electron chi connectivity index (χ1n) is 11.6. The molecule has 0 unspecified atom stereocenters. The highest BCUT2D eigenvalue weighted by molar-refractivity contribution is 5.95.